The van der Waals surface area contributed by atoms with Gasteiger partial charge in [0.15, 0.2) is 0 Å². The first-order valence-corrected chi connectivity index (χ1v) is 7.59. The average Bonchev–Trinajstić information content (AvgIpc) is 2.39. The monoisotopic (exact) mass is 260 g/mol. The summed E-state index contributed by atoms with van der Waals surface area (Å²) in [6.07, 6.45) is 2.54. The summed E-state index contributed by atoms with van der Waals surface area (Å²) in [4.78, 5) is 2.69. The summed E-state index contributed by atoms with van der Waals surface area (Å²) in [6, 6.07) is 12.0. The zero-order valence-electron chi connectivity index (χ0n) is 12.8. The number of hydrogen-bond donors (Lipinski definition) is 1. The maximum absolute atomic E-state index is 3.71. The van der Waals surface area contributed by atoms with Gasteiger partial charge in [-0.05, 0) is 32.8 Å². The van der Waals surface area contributed by atoms with E-state index in [2.05, 4.69) is 68.2 Å². The van der Waals surface area contributed by atoms with E-state index in [4.69, 9.17) is 0 Å². The van der Waals surface area contributed by atoms with Gasteiger partial charge in [0.25, 0.3) is 0 Å². The van der Waals surface area contributed by atoms with Crippen LogP contribution in [0.5, 0.6) is 0 Å². The van der Waals surface area contributed by atoms with Crippen LogP contribution in [0.15, 0.2) is 30.3 Å². The van der Waals surface area contributed by atoms with E-state index in [1.807, 2.05) is 0 Å². The van der Waals surface area contributed by atoms with Gasteiger partial charge in [-0.2, -0.15) is 0 Å². The van der Waals surface area contributed by atoms with E-state index in [9.17, 15) is 0 Å². The number of piperazine rings is 1. The van der Waals surface area contributed by atoms with Crippen molar-refractivity contribution in [1.82, 2.24) is 10.2 Å². The molecule has 2 nitrogen and oxygen atoms in total. The van der Waals surface area contributed by atoms with Crippen LogP contribution in [0, 0.1) is 0 Å². The van der Waals surface area contributed by atoms with E-state index in [1.165, 1.54) is 18.4 Å². The second kappa shape index (κ2) is 6.06. The van der Waals surface area contributed by atoms with Gasteiger partial charge in [0.05, 0.1) is 0 Å². The number of benzene rings is 1. The quantitative estimate of drug-likeness (QED) is 0.890. The Kier molecular flexibility index (Phi) is 4.64. The summed E-state index contributed by atoms with van der Waals surface area (Å²) in [5, 5.41) is 3.71. The fourth-order valence-corrected chi connectivity index (χ4v) is 3.24. The Morgan fingerprint density at radius 3 is 2.63 bits per heavy atom. The maximum Gasteiger partial charge on any atom is 0.0450 e. The molecule has 1 aliphatic rings. The van der Waals surface area contributed by atoms with E-state index >= 15 is 0 Å². The van der Waals surface area contributed by atoms with Gasteiger partial charge in [0.1, 0.15) is 0 Å². The minimum atomic E-state index is 0.250. The van der Waals surface area contributed by atoms with Crippen molar-refractivity contribution >= 4 is 0 Å². The first-order chi connectivity index (χ1) is 9.04. The molecule has 0 aliphatic carbocycles. The molecule has 1 heterocycles. The molecule has 106 valence electrons. The minimum Gasteiger partial charge on any atom is -0.307 e. The van der Waals surface area contributed by atoms with Crippen LogP contribution in [0.25, 0.3) is 0 Å². The smallest absolute Gasteiger partial charge is 0.0450 e. The molecule has 2 heteroatoms. The molecule has 1 saturated heterocycles. The molecule has 0 bridgehead atoms. The molecular formula is C17H28N2. The zero-order valence-corrected chi connectivity index (χ0v) is 12.8. The molecule has 19 heavy (non-hydrogen) atoms. The fourth-order valence-electron chi connectivity index (χ4n) is 3.24. The van der Waals surface area contributed by atoms with E-state index in [0.29, 0.717) is 12.1 Å². The molecule has 2 unspecified atom stereocenters. The van der Waals surface area contributed by atoms with Crippen molar-refractivity contribution in [2.75, 3.05) is 13.1 Å². The maximum atomic E-state index is 3.71. The van der Waals surface area contributed by atoms with Crippen LogP contribution < -0.4 is 5.32 Å². The lowest BCUT2D eigenvalue weighted by Crippen LogP contribution is -2.61. The van der Waals surface area contributed by atoms with Gasteiger partial charge in [-0.3, -0.25) is 4.90 Å². The molecule has 1 fully saturated rings. The summed E-state index contributed by atoms with van der Waals surface area (Å²) >= 11 is 0. The Bertz CT molecular complexity index is 386. The molecule has 0 saturated carbocycles. The lowest BCUT2D eigenvalue weighted by molar-refractivity contribution is 0.0276. The molecule has 1 aromatic carbocycles. The Morgan fingerprint density at radius 1 is 1.32 bits per heavy atom. The predicted octanol–water partition coefficient (Wildman–Crippen LogP) is 3.60. The van der Waals surface area contributed by atoms with E-state index in [-0.39, 0.29) is 5.54 Å². The Labute approximate surface area is 118 Å². The summed E-state index contributed by atoms with van der Waals surface area (Å²) < 4.78 is 0. The van der Waals surface area contributed by atoms with Crippen LogP contribution in [0.3, 0.4) is 0 Å². The fraction of sp³-hybridized carbons (Fsp3) is 0.647. The van der Waals surface area contributed by atoms with Gasteiger partial charge in [-0.25, -0.2) is 0 Å². The molecule has 1 N–H and O–H groups in total. The number of nitrogens with one attached hydrogen (secondary N) is 1. The van der Waals surface area contributed by atoms with E-state index in [0.717, 1.165) is 13.1 Å². The first kappa shape index (κ1) is 14.5. The van der Waals surface area contributed by atoms with Crippen molar-refractivity contribution in [2.45, 2.75) is 58.2 Å². The molecule has 1 aromatic rings. The highest BCUT2D eigenvalue weighted by Gasteiger charge is 2.36. The van der Waals surface area contributed by atoms with Crippen molar-refractivity contribution in [3.63, 3.8) is 0 Å². The summed E-state index contributed by atoms with van der Waals surface area (Å²) in [7, 11) is 0. The average molecular weight is 260 g/mol. The topological polar surface area (TPSA) is 15.3 Å². The standard InChI is InChI=1S/C17H28N2/c1-5-9-14(2)19-12-16(18-13-17(19,3)4)15-10-7-6-8-11-15/h6-8,10-11,14,16,18H,5,9,12-13H2,1-4H3. The Balaban J connectivity index is 2.12. The highest BCUT2D eigenvalue weighted by molar-refractivity contribution is 5.20. The van der Waals surface area contributed by atoms with Gasteiger partial charge in [-0.1, -0.05) is 43.7 Å². The first-order valence-electron chi connectivity index (χ1n) is 7.59. The van der Waals surface area contributed by atoms with Crippen molar-refractivity contribution < 1.29 is 0 Å². The molecule has 1 aliphatic heterocycles. The van der Waals surface area contributed by atoms with Gasteiger partial charge >= 0.3 is 0 Å². The largest absolute Gasteiger partial charge is 0.307 e. The van der Waals surface area contributed by atoms with Crippen LogP contribution in [-0.2, 0) is 0 Å². The lowest BCUT2D eigenvalue weighted by Gasteiger charge is -2.49. The second-order valence-corrected chi connectivity index (χ2v) is 6.45. The van der Waals surface area contributed by atoms with Crippen LogP contribution >= 0.6 is 0 Å². The molecule has 0 amide bonds. The van der Waals surface area contributed by atoms with Gasteiger partial charge in [0, 0.05) is 30.7 Å². The van der Waals surface area contributed by atoms with Crippen LogP contribution in [0.1, 0.15) is 52.1 Å². The summed E-state index contributed by atoms with van der Waals surface area (Å²) in [5.74, 6) is 0. The van der Waals surface area contributed by atoms with E-state index in [1.54, 1.807) is 0 Å². The van der Waals surface area contributed by atoms with Crippen molar-refractivity contribution in [3.05, 3.63) is 35.9 Å². The number of rotatable bonds is 4. The summed E-state index contributed by atoms with van der Waals surface area (Å²) in [5.41, 5.74) is 1.66. The normalized spacial score (nSPS) is 25.2. The zero-order chi connectivity index (χ0) is 13.9. The molecule has 0 radical (unpaired) electrons. The third kappa shape index (κ3) is 3.37. The SMILES string of the molecule is CCCC(C)N1CC(c2ccccc2)NCC1(C)C. The number of hydrogen-bond acceptors (Lipinski definition) is 2. The Hall–Kier alpha value is -0.860. The van der Waals surface area contributed by atoms with Crippen molar-refractivity contribution in [1.29, 1.82) is 0 Å². The van der Waals surface area contributed by atoms with Crippen LogP contribution in [0.4, 0.5) is 0 Å². The lowest BCUT2D eigenvalue weighted by atomic mass is 9.92. The predicted molar refractivity (Wildman–Crippen MR) is 82.3 cm³/mol. The van der Waals surface area contributed by atoms with Crippen LogP contribution in [-0.4, -0.2) is 29.6 Å². The minimum absolute atomic E-state index is 0.250. The molecule has 2 rings (SSSR count). The van der Waals surface area contributed by atoms with Gasteiger partial charge in [-0.15, -0.1) is 0 Å². The van der Waals surface area contributed by atoms with E-state index < -0.39 is 0 Å². The highest BCUT2D eigenvalue weighted by Crippen LogP contribution is 2.28. The van der Waals surface area contributed by atoms with Gasteiger partial charge in [0.2, 0.25) is 0 Å². The molecular weight excluding hydrogens is 232 g/mol. The van der Waals surface area contributed by atoms with Crippen molar-refractivity contribution in [3.8, 4) is 0 Å². The van der Waals surface area contributed by atoms with Crippen LogP contribution in [0.2, 0.25) is 0 Å². The third-order valence-corrected chi connectivity index (χ3v) is 4.38. The molecule has 0 spiro atoms. The molecule has 0 aromatic heterocycles. The third-order valence-electron chi connectivity index (χ3n) is 4.38. The summed E-state index contributed by atoms with van der Waals surface area (Å²) in [6.45, 7) is 11.5. The Morgan fingerprint density at radius 2 is 2.00 bits per heavy atom. The van der Waals surface area contributed by atoms with Gasteiger partial charge < -0.3 is 5.32 Å². The number of nitrogens with zero attached hydrogens (tertiary/aromatic N) is 1. The molecule has 2 atom stereocenters. The van der Waals surface area contributed by atoms with Crippen molar-refractivity contribution in [2.24, 2.45) is 0 Å². The highest BCUT2D eigenvalue weighted by atomic mass is 15.3. The second-order valence-electron chi connectivity index (χ2n) is 6.45.